The number of rotatable bonds is 3. The van der Waals surface area contributed by atoms with E-state index in [0.717, 1.165) is 5.56 Å². The highest BCUT2D eigenvalue weighted by atomic mass is 16.5. The second-order valence-corrected chi connectivity index (χ2v) is 3.29. The van der Waals surface area contributed by atoms with Crippen LogP contribution in [0, 0.1) is 0 Å². The molecule has 0 bridgehead atoms. The van der Waals surface area contributed by atoms with Crippen LogP contribution in [0.1, 0.15) is 17.4 Å². The minimum absolute atomic E-state index is 0.120. The Balaban J connectivity index is 2.46. The van der Waals surface area contributed by atoms with E-state index in [1.807, 2.05) is 24.3 Å². The molecular weight excluding hydrogens is 206 g/mol. The fourth-order valence-corrected chi connectivity index (χ4v) is 1.38. The van der Waals surface area contributed by atoms with Gasteiger partial charge in [-0.05, 0) is 12.1 Å². The highest BCUT2D eigenvalue weighted by Gasteiger charge is 2.13. The van der Waals surface area contributed by atoms with Gasteiger partial charge in [0.15, 0.2) is 5.78 Å². The second-order valence-electron chi connectivity index (χ2n) is 3.29. The molecule has 0 unspecified atom stereocenters. The summed E-state index contributed by atoms with van der Waals surface area (Å²) in [5.74, 6) is 0.937. The molecule has 1 aromatic carbocycles. The van der Waals surface area contributed by atoms with Gasteiger partial charge in [0, 0.05) is 6.92 Å². The minimum Gasteiger partial charge on any atom is -0.496 e. The van der Waals surface area contributed by atoms with E-state index < -0.39 is 0 Å². The van der Waals surface area contributed by atoms with Crippen molar-refractivity contribution in [3.63, 3.8) is 0 Å². The molecule has 4 nitrogen and oxygen atoms in total. The molecule has 0 saturated heterocycles. The van der Waals surface area contributed by atoms with Crippen LogP contribution in [-0.4, -0.2) is 17.9 Å². The van der Waals surface area contributed by atoms with Gasteiger partial charge < -0.3 is 9.15 Å². The fourth-order valence-electron chi connectivity index (χ4n) is 1.38. The third-order valence-corrected chi connectivity index (χ3v) is 2.20. The molecule has 2 aromatic rings. The quantitative estimate of drug-likeness (QED) is 0.741. The molecule has 0 saturated carbocycles. The molecule has 0 aliphatic rings. The number of aromatic nitrogens is 1. The number of hydrogen-bond donors (Lipinski definition) is 0. The van der Waals surface area contributed by atoms with Crippen molar-refractivity contribution in [2.75, 3.05) is 7.11 Å². The van der Waals surface area contributed by atoms with Crippen LogP contribution >= 0.6 is 0 Å². The lowest BCUT2D eigenvalue weighted by molar-refractivity contribution is 0.101. The summed E-state index contributed by atoms with van der Waals surface area (Å²) >= 11 is 0. The molecular formula is C12H11NO3. The Morgan fingerprint density at radius 1 is 1.38 bits per heavy atom. The number of Topliss-reactive ketones (excluding diaryl/α,β-unsaturated/α-hetero) is 1. The maximum absolute atomic E-state index is 11.1. The number of ether oxygens (including phenoxy) is 1. The number of carbonyl (C=O) groups excluding carboxylic acids is 1. The second kappa shape index (κ2) is 4.18. The Morgan fingerprint density at radius 2 is 2.12 bits per heavy atom. The highest BCUT2D eigenvalue weighted by Crippen LogP contribution is 2.28. The van der Waals surface area contributed by atoms with E-state index in [4.69, 9.17) is 9.15 Å². The van der Waals surface area contributed by atoms with Crippen molar-refractivity contribution in [3.8, 4) is 17.2 Å². The number of oxazole rings is 1. The maximum Gasteiger partial charge on any atom is 0.230 e. The third-order valence-electron chi connectivity index (χ3n) is 2.20. The standard InChI is InChI=1S/C12H11NO3/c1-8(14)10-7-16-12(13-10)9-5-3-4-6-11(9)15-2/h3-7H,1-2H3. The summed E-state index contributed by atoms with van der Waals surface area (Å²) in [6.45, 7) is 1.45. The molecule has 0 N–H and O–H groups in total. The van der Waals surface area contributed by atoms with Gasteiger partial charge in [0.25, 0.3) is 0 Å². The Bertz CT molecular complexity index is 516. The molecule has 16 heavy (non-hydrogen) atoms. The Labute approximate surface area is 92.9 Å². The van der Waals surface area contributed by atoms with E-state index in [1.54, 1.807) is 7.11 Å². The number of para-hydroxylation sites is 1. The monoisotopic (exact) mass is 217 g/mol. The molecule has 0 aliphatic carbocycles. The number of benzene rings is 1. The summed E-state index contributed by atoms with van der Waals surface area (Å²) < 4.78 is 10.4. The van der Waals surface area contributed by atoms with Gasteiger partial charge in [0.05, 0.1) is 12.7 Å². The molecule has 1 aromatic heterocycles. The Morgan fingerprint density at radius 3 is 2.75 bits per heavy atom. The molecule has 0 fully saturated rings. The van der Waals surface area contributed by atoms with Gasteiger partial charge in [0.2, 0.25) is 5.89 Å². The van der Waals surface area contributed by atoms with Crippen LogP contribution in [0.5, 0.6) is 5.75 Å². The zero-order valence-corrected chi connectivity index (χ0v) is 9.06. The van der Waals surface area contributed by atoms with E-state index in [-0.39, 0.29) is 5.78 Å². The summed E-state index contributed by atoms with van der Waals surface area (Å²) in [6, 6.07) is 7.36. The first kappa shape index (κ1) is 10.4. The number of nitrogens with zero attached hydrogens (tertiary/aromatic N) is 1. The van der Waals surface area contributed by atoms with Gasteiger partial charge >= 0.3 is 0 Å². The zero-order chi connectivity index (χ0) is 11.5. The molecule has 2 rings (SSSR count). The first-order valence-corrected chi connectivity index (χ1v) is 4.82. The smallest absolute Gasteiger partial charge is 0.230 e. The third kappa shape index (κ3) is 1.82. The van der Waals surface area contributed by atoms with Crippen LogP contribution in [0.2, 0.25) is 0 Å². The number of hydrogen-bond acceptors (Lipinski definition) is 4. The van der Waals surface area contributed by atoms with E-state index in [9.17, 15) is 4.79 Å². The van der Waals surface area contributed by atoms with Crippen molar-refractivity contribution in [3.05, 3.63) is 36.2 Å². The topological polar surface area (TPSA) is 52.3 Å². The average molecular weight is 217 g/mol. The van der Waals surface area contributed by atoms with Crippen LogP contribution < -0.4 is 4.74 Å². The molecule has 0 atom stereocenters. The Kier molecular flexibility index (Phi) is 2.72. The Hall–Kier alpha value is -2.10. The largest absolute Gasteiger partial charge is 0.496 e. The van der Waals surface area contributed by atoms with E-state index in [2.05, 4.69) is 4.98 Å². The van der Waals surface area contributed by atoms with E-state index in [0.29, 0.717) is 17.3 Å². The summed E-state index contributed by atoms with van der Waals surface area (Å²) in [5, 5.41) is 0. The van der Waals surface area contributed by atoms with Crippen LogP contribution in [0.15, 0.2) is 34.9 Å². The lowest BCUT2D eigenvalue weighted by Gasteiger charge is -2.03. The predicted molar refractivity (Wildman–Crippen MR) is 58.5 cm³/mol. The van der Waals surface area contributed by atoms with Crippen molar-refractivity contribution in [1.29, 1.82) is 0 Å². The van der Waals surface area contributed by atoms with E-state index in [1.165, 1.54) is 13.2 Å². The lowest BCUT2D eigenvalue weighted by Crippen LogP contribution is -1.92. The minimum atomic E-state index is -0.120. The average Bonchev–Trinajstić information content (AvgIpc) is 2.78. The molecule has 0 aliphatic heterocycles. The zero-order valence-electron chi connectivity index (χ0n) is 9.06. The van der Waals surface area contributed by atoms with Gasteiger partial charge in [-0.3, -0.25) is 4.79 Å². The molecule has 4 heteroatoms. The number of methoxy groups -OCH3 is 1. The first-order chi connectivity index (χ1) is 7.72. The summed E-state index contributed by atoms with van der Waals surface area (Å²) in [4.78, 5) is 15.2. The van der Waals surface area contributed by atoms with Crippen molar-refractivity contribution in [1.82, 2.24) is 4.98 Å². The normalized spacial score (nSPS) is 10.1. The summed E-state index contributed by atoms with van der Waals surface area (Å²) in [6.07, 6.45) is 1.35. The van der Waals surface area contributed by atoms with E-state index >= 15 is 0 Å². The van der Waals surface area contributed by atoms with Gasteiger partial charge in [-0.15, -0.1) is 0 Å². The fraction of sp³-hybridized carbons (Fsp3) is 0.167. The molecule has 0 radical (unpaired) electrons. The summed E-state index contributed by atoms with van der Waals surface area (Å²) in [7, 11) is 1.58. The van der Waals surface area contributed by atoms with Gasteiger partial charge in [-0.1, -0.05) is 12.1 Å². The SMILES string of the molecule is COc1ccccc1-c1nc(C(C)=O)co1. The van der Waals surface area contributed by atoms with Crippen LogP contribution in [0.25, 0.3) is 11.5 Å². The van der Waals surface area contributed by atoms with Crippen LogP contribution in [-0.2, 0) is 0 Å². The summed E-state index contributed by atoms with van der Waals surface area (Å²) in [5.41, 5.74) is 1.05. The van der Waals surface area contributed by atoms with Crippen molar-refractivity contribution >= 4 is 5.78 Å². The van der Waals surface area contributed by atoms with Crippen molar-refractivity contribution in [2.24, 2.45) is 0 Å². The maximum atomic E-state index is 11.1. The highest BCUT2D eigenvalue weighted by molar-refractivity contribution is 5.92. The molecule has 1 heterocycles. The van der Waals surface area contributed by atoms with Gasteiger partial charge in [0.1, 0.15) is 17.7 Å². The van der Waals surface area contributed by atoms with Gasteiger partial charge in [-0.2, -0.15) is 0 Å². The van der Waals surface area contributed by atoms with Crippen molar-refractivity contribution < 1.29 is 13.9 Å². The van der Waals surface area contributed by atoms with Crippen LogP contribution in [0.4, 0.5) is 0 Å². The molecule has 82 valence electrons. The number of ketones is 1. The molecule has 0 amide bonds. The number of carbonyl (C=O) groups is 1. The first-order valence-electron chi connectivity index (χ1n) is 4.82. The van der Waals surface area contributed by atoms with Crippen molar-refractivity contribution in [2.45, 2.75) is 6.92 Å². The lowest BCUT2D eigenvalue weighted by atomic mass is 10.2. The predicted octanol–water partition coefficient (Wildman–Crippen LogP) is 2.55. The molecule has 0 spiro atoms. The van der Waals surface area contributed by atoms with Gasteiger partial charge in [-0.25, -0.2) is 4.98 Å². The van der Waals surface area contributed by atoms with Crippen LogP contribution in [0.3, 0.4) is 0 Å².